The second kappa shape index (κ2) is 16.0. The minimum Gasteiger partial charge on any atom is -0.309 e. The number of nitrogens with zero attached hydrogens (tertiary/aromatic N) is 1. The highest BCUT2D eigenvalue weighted by Crippen LogP contribution is 2.48. The molecule has 1 nitrogen and oxygen atoms in total. The third kappa shape index (κ3) is 6.73. The zero-order valence-electron chi connectivity index (χ0n) is 35.0. The Labute approximate surface area is 377 Å². The molecule has 12 aromatic rings. The minimum absolute atomic E-state index is 1.08. The minimum atomic E-state index is 1.08. The number of rotatable bonds is 8. The molecule has 0 N–H and O–H groups in total. The number of thiophene rings is 1. The molecule has 1 aromatic heterocycles. The molecule has 0 saturated heterocycles. The molecular formula is C62H41NS. The van der Waals surface area contributed by atoms with E-state index < -0.39 is 0 Å². The van der Waals surface area contributed by atoms with Crippen molar-refractivity contribution in [2.24, 2.45) is 0 Å². The molecule has 0 bridgehead atoms. The van der Waals surface area contributed by atoms with Gasteiger partial charge in [-0.15, -0.1) is 11.3 Å². The van der Waals surface area contributed by atoms with Gasteiger partial charge >= 0.3 is 0 Å². The fourth-order valence-corrected chi connectivity index (χ4v) is 10.6. The molecule has 0 radical (unpaired) electrons. The summed E-state index contributed by atoms with van der Waals surface area (Å²) in [6, 6.07) is 91.1. The predicted octanol–water partition coefficient (Wildman–Crippen LogP) is 18.2. The number of hydrogen-bond donors (Lipinski definition) is 0. The summed E-state index contributed by atoms with van der Waals surface area (Å²) in [6.45, 7) is 0. The Kier molecular flexibility index (Phi) is 9.43. The standard InChI is InChI=1S/C62H41NS/c1-2-16-47-40-48(33-30-42(47)14-1)53-19-5-6-21-55(53)56-22-8-11-26-60(56)63(59-25-10-7-20-54(59)49-36-39-62-58(41-49)57-23-9-12-27-61(57)64-62)50-37-34-44(35-38-50)43-28-31-46(32-29-43)52-24-13-17-45-15-3-4-18-51(45)52/h1-41H. The molecule has 0 aliphatic carbocycles. The van der Waals surface area contributed by atoms with Gasteiger partial charge in [-0.2, -0.15) is 0 Å². The zero-order chi connectivity index (χ0) is 42.4. The maximum absolute atomic E-state index is 2.46. The largest absolute Gasteiger partial charge is 0.309 e. The third-order valence-electron chi connectivity index (χ3n) is 12.7. The summed E-state index contributed by atoms with van der Waals surface area (Å²) >= 11 is 1.86. The summed E-state index contributed by atoms with van der Waals surface area (Å²) in [5.41, 5.74) is 15.2. The highest BCUT2D eigenvalue weighted by molar-refractivity contribution is 7.25. The van der Waals surface area contributed by atoms with Crippen molar-refractivity contribution < 1.29 is 0 Å². The van der Waals surface area contributed by atoms with Crippen LogP contribution in [0.15, 0.2) is 249 Å². The number of hydrogen-bond acceptors (Lipinski definition) is 2. The van der Waals surface area contributed by atoms with Crippen LogP contribution in [-0.4, -0.2) is 0 Å². The van der Waals surface area contributed by atoms with Gasteiger partial charge in [-0.1, -0.05) is 200 Å². The van der Waals surface area contributed by atoms with Crippen LogP contribution in [0.1, 0.15) is 0 Å². The quantitative estimate of drug-likeness (QED) is 0.147. The molecule has 300 valence electrons. The first-order valence-corrected chi connectivity index (χ1v) is 22.7. The van der Waals surface area contributed by atoms with Gasteiger partial charge in [-0.3, -0.25) is 0 Å². The Morgan fingerprint density at radius 2 is 0.750 bits per heavy atom. The van der Waals surface area contributed by atoms with Crippen molar-refractivity contribution in [1.82, 2.24) is 0 Å². The Morgan fingerprint density at radius 1 is 0.250 bits per heavy atom. The summed E-state index contributed by atoms with van der Waals surface area (Å²) in [6.07, 6.45) is 0. The maximum Gasteiger partial charge on any atom is 0.0540 e. The van der Waals surface area contributed by atoms with E-state index in [1.54, 1.807) is 0 Å². The van der Waals surface area contributed by atoms with Crippen LogP contribution < -0.4 is 4.90 Å². The van der Waals surface area contributed by atoms with Gasteiger partial charge in [-0.25, -0.2) is 0 Å². The topological polar surface area (TPSA) is 3.24 Å². The maximum atomic E-state index is 2.46. The average molecular weight is 832 g/mol. The van der Waals surface area contributed by atoms with Crippen LogP contribution in [-0.2, 0) is 0 Å². The van der Waals surface area contributed by atoms with Crippen molar-refractivity contribution >= 4 is 70.1 Å². The van der Waals surface area contributed by atoms with E-state index in [2.05, 4.69) is 254 Å². The molecule has 1 heterocycles. The summed E-state index contributed by atoms with van der Waals surface area (Å²) in [5.74, 6) is 0. The normalized spacial score (nSPS) is 11.4. The lowest BCUT2D eigenvalue weighted by atomic mass is 9.91. The molecule has 0 amide bonds. The lowest BCUT2D eigenvalue weighted by molar-refractivity contribution is 1.28. The Morgan fingerprint density at radius 3 is 1.55 bits per heavy atom. The summed E-state index contributed by atoms with van der Waals surface area (Å²) in [7, 11) is 0. The van der Waals surface area contributed by atoms with E-state index >= 15 is 0 Å². The van der Waals surface area contributed by atoms with Crippen LogP contribution in [0.2, 0.25) is 0 Å². The highest BCUT2D eigenvalue weighted by Gasteiger charge is 2.22. The summed E-state index contributed by atoms with van der Waals surface area (Å²) in [5, 5.41) is 7.59. The number of fused-ring (bicyclic) bond motifs is 5. The van der Waals surface area contributed by atoms with Gasteiger partial charge in [-0.05, 0) is 115 Å². The van der Waals surface area contributed by atoms with Gasteiger partial charge in [0, 0.05) is 37.0 Å². The van der Waals surface area contributed by atoms with Crippen molar-refractivity contribution in [3.05, 3.63) is 249 Å². The fourth-order valence-electron chi connectivity index (χ4n) is 9.56. The van der Waals surface area contributed by atoms with Crippen molar-refractivity contribution in [1.29, 1.82) is 0 Å². The van der Waals surface area contributed by atoms with Crippen LogP contribution in [0.5, 0.6) is 0 Å². The highest BCUT2D eigenvalue weighted by atomic mass is 32.1. The van der Waals surface area contributed by atoms with Crippen molar-refractivity contribution in [2.75, 3.05) is 4.90 Å². The Hall–Kier alpha value is -8.04. The molecule has 0 atom stereocenters. The average Bonchev–Trinajstić information content (AvgIpc) is 3.75. The first-order chi connectivity index (χ1) is 31.7. The van der Waals surface area contributed by atoms with Gasteiger partial charge in [0.05, 0.1) is 11.4 Å². The number of para-hydroxylation sites is 2. The molecule has 12 rings (SSSR count). The van der Waals surface area contributed by atoms with E-state index in [-0.39, 0.29) is 0 Å². The third-order valence-corrected chi connectivity index (χ3v) is 13.9. The van der Waals surface area contributed by atoms with Gasteiger partial charge in [0.1, 0.15) is 0 Å². The molecule has 11 aromatic carbocycles. The smallest absolute Gasteiger partial charge is 0.0540 e. The van der Waals surface area contributed by atoms with Gasteiger partial charge in [0.2, 0.25) is 0 Å². The van der Waals surface area contributed by atoms with Gasteiger partial charge in [0.15, 0.2) is 0 Å². The predicted molar refractivity (Wildman–Crippen MR) is 276 cm³/mol. The van der Waals surface area contributed by atoms with E-state index in [0.717, 1.165) is 22.6 Å². The molecular weight excluding hydrogens is 791 g/mol. The Bertz CT molecular complexity index is 3670. The van der Waals surface area contributed by atoms with Gasteiger partial charge in [0.25, 0.3) is 0 Å². The Balaban J connectivity index is 1.00. The second-order valence-electron chi connectivity index (χ2n) is 16.4. The molecule has 64 heavy (non-hydrogen) atoms. The lowest BCUT2D eigenvalue weighted by Crippen LogP contribution is -2.12. The lowest BCUT2D eigenvalue weighted by Gasteiger charge is -2.30. The van der Waals surface area contributed by atoms with Crippen LogP contribution in [0.4, 0.5) is 17.1 Å². The first-order valence-electron chi connectivity index (χ1n) is 21.9. The summed E-state index contributed by atoms with van der Waals surface area (Å²) in [4.78, 5) is 2.46. The van der Waals surface area contributed by atoms with E-state index in [1.165, 1.54) is 91.8 Å². The van der Waals surface area contributed by atoms with Crippen LogP contribution in [0.3, 0.4) is 0 Å². The van der Waals surface area contributed by atoms with E-state index in [0.29, 0.717) is 0 Å². The molecule has 0 unspecified atom stereocenters. The van der Waals surface area contributed by atoms with E-state index in [1.807, 2.05) is 11.3 Å². The molecule has 0 aliphatic rings. The fraction of sp³-hybridized carbons (Fsp3) is 0. The van der Waals surface area contributed by atoms with Crippen molar-refractivity contribution in [3.8, 4) is 55.6 Å². The van der Waals surface area contributed by atoms with Crippen molar-refractivity contribution in [3.63, 3.8) is 0 Å². The van der Waals surface area contributed by atoms with Crippen molar-refractivity contribution in [2.45, 2.75) is 0 Å². The van der Waals surface area contributed by atoms with Crippen LogP contribution in [0, 0.1) is 0 Å². The number of benzene rings is 11. The monoisotopic (exact) mass is 831 g/mol. The van der Waals surface area contributed by atoms with Crippen LogP contribution >= 0.6 is 11.3 Å². The SMILES string of the molecule is c1ccc(-c2ccccc2N(c2ccc(-c3ccc(-c4cccc5ccccc45)cc3)cc2)c2ccccc2-c2ccc3sc4ccccc4c3c2)c(-c2ccc3ccccc3c2)c1. The zero-order valence-corrected chi connectivity index (χ0v) is 35.8. The molecule has 0 aliphatic heterocycles. The molecule has 0 spiro atoms. The van der Waals surface area contributed by atoms with Crippen LogP contribution in [0.25, 0.3) is 97.4 Å². The molecule has 0 saturated carbocycles. The molecule has 0 fully saturated rings. The summed E-state index contributed by atoms with van der Waals surface area (Å²) < 4.78 is 2.61. The second-order valence-corrected chi connectivity index (χ2v) is 17.5. The van der Waals surface area contributed by atoms with E-state index in [9.17, 15) is 0 Å². The molecule has 2 heteroatoms. The van der Waals surface area contributed by atoms with Gasteiger partial charge < -0.3 is 4.90 Å². The van der Waals surface area contributed by atoms with E-state index in [4.69, 9.17) is 0 Å². The number of anilines is 3. The first kappa shape index (κ1) is 37.7.